The van der Waals surface area contributed by atoms with Crippen LogP contribution >= 0.6 is 0 Å². The van der Waals surface area contributed by atoms with Gasteiger partial charge in [-0.25, -0.2) is 4.98 Å². The van der Waals surface area contributed by atoms with Crippen LogP contribution in [0.1, 0.15) is 19.3 Å². The van der Waals surface area contributed by atoms with Gasteiger partial charge in [-0.2, -0.15) is 0 Å². The van der Waals surface area contributed by atoms with Crippen LogP contribution in [0.5, 0.6) is 0 Å². The monoisotopic (exact) mass is 191 g/mol. The van der Waals surface area contributed by atoms with E-state index in [2.05, 4.69) is 15.3 Å². The van der Waals surface area contributed by atoms with Crippen molar-refractivity contribution in [2.45, 2.75) is 37.5 Å². The summed E-state index contributed by atoms with van der Waals surface area (Å²) in [6.07, 6.45) is 9.54. The predicted molar refractivity (Wildman–Crippen MR) is 52.0 cm³/mol. The molecular weight excluding hydrogens is 178 g/mol. The number of anilines is 1. The number of nitrogens with zero attached hydrogens (tertiary/aromatic N) is 2. The molecule has 2 aliphatic heterocycles. The average Bonchev–Trinajstić information content (AvgIpc) is 2.81. The first kappa shape index (κ1) is 8.17. The molecule has 4 heteroatoms. The summed E-state index contributed by atoms with van der Waals surface area (Å²) in [5.74, 6) is 0.855. The second-order valence-electron chi connectivity index (χ2n) is 3.95. The molecule has 2 bridgehead atoms. The molecule has 0 spiro atoms. The van der Waals surface area contributed by atoms with Gasteiger partial charge in [-0.05, 0) is 19.3 Å². The SMILES string of the molecule is c1cnc(NC2CC3CCC2O3)cn1. The zero-order chi connectivity index (χ0) is 9.38. The van der Waals surface area contributed by atoms with Gasteiger partial charge in [0.1, 0.15) is 5.82 Å². The number of rotatable bonds is 2. The van der Waals surface area contributed by atoms with E-state index >= 15 is 0 Å². The molecule has 3 heterocycles. The van der Waals surface area contributed by atoms with Crippen LogP contribution in [0.2, 0.25) is 0 Å². The van der Waals surface area contributed by atoms with E-state index in [4.69, 9.17) is 4.74 Å². The van der Waals surface area contributed by atoms with E-state index < -0.39 is 0 Å². The summed E-state index contributed by atoms with van der Waals surface area (Å²) in [7, 11) is 0. The highest BCUT2D eigenvalue weighted by atomic mass is 16.5. The molecule has 1 aromatic heterocycles. The zero-order valence-corrected chi connectivity index (χ0v) is 7.89. The van der Waals surface area contributed by atoms with Crippen LogP contribution in [0.4, 0.5) is 5.82 Å². The minimum Gasteiger partial charge on any atom is -0.373 e. The lowest BCUT2D eigenvalue weighted by molar-refractivity contribution is 0.102. The third kappa shape index (κ3) is 1.35. The first-order valence-corrected chi connectivity index (χ1v) is 5.10. The van der Waals surface area contributed by atoms with Crippen molar-refractivity contribution < 1.29 is 4.74 Å². The third-order valence-electron chi connectivity index (χ3n) is 3.00. The van der Waals surface area contributed by atoms with Gasteiger partial charge in [0.05, 0.1) is 24.4 Å². The fourth-order valence-corrected chi connectivity index (χ4v) is 2.35. The summed E-state index contributed by atoms with van der Waals surface area (Å²) in [4.78, 5) is 8.22. The Morgan fingerprint density at radius 3 is 3.00 bits per heavy atom. The maximum absolute atomic E-state index is 5.75. The number of nitrogens with one attached hydrogen (secondary N) is 1. The summed E-state index contributed by atoms with van der Waals surface area (Å²) in [6.45, 7) is 0. The highest BCUT2D eigenvalue weighted by Gasteiger charge is 2.40. The average molecular weight is 191 g/mol. The van der Waals surface area contributed by atoms with E-state index in [0.717, 1.165) is 12.2 Å². The minimum absolute atomic E-state index is 0.391. The van der Waals surface area contributed by atoms with E-state index in [1.165, 1.54) is 12.8 Å². The Morgan fingerprint density at radius 1 is 1.36 bits per heavy atom. The lowest BCUT2D eigenvalue weighted by Gasteiger charge is -2.19. The van der Waals surface area contributed by atoms with Crippen molar-refractivity contribution in [3.63, 3.8) is 0 Å². The number of fused-ring (bicyclic) bond motifs is 2. The molecule has 4 nitrogen and oxygen atoms in total. The quantitative estimate of drug-likeness (QED) is 0.763. The molecule has 0 aromatic carbocycles. The van der Waals surface area contributed by atoms with E-state index in [0.29, 0.717) is 18.2 Å². The van der Waals surface area contributed by atoms with Crippen molar-refractivity contribution in [3.8, 4) is 0 Å². The topological polar surface area (TPSA) is 47.0 Å². The minimum atomic E-state index is 0.391. The summed E-state index contributed by atoms with van der Waals surface area (Å²) in [6, 6.07) is 0.436. The fraction of sp³-hybridized carbons (Fsp3) is 0.600. The number of hydrogen-bond donors (Lipinski definition) is 1. The number of aromatic nitrogens is 2. The molecule has 2 saturated heterocycles. The fourth-order valence-electron chi connectivity index (χ4n) is 2.35. The van der Waals surface area contributed by atoms with Crippen LogP contribution in [0.3, 0.4) is 0 Å². The Labute approximate surface area is 82.7 Å². The van der Waals surface area contributed by atoms with Crippen molar-refractivity contribution in [1.82, 2.24) is 9.97 Å². The molecule has 74 valence electrons. The van der Waals surface area contributed by atoms with Crippen LogP contribution < -0.4 is 5.32 Å². The molecule has 0 amide bonds. The van der Waals surface area contributed by atoms with Gasteiger partial charge in [0.25, 0.3) is 0 Å². The normalized spacial score (nSPS) is 34.7. The van der Waals surface area contributed by atoms with E-state index in [9.17, 15) is 0 Å². The van der Waals surface area contributed by atoms with Crippen LogP contribution in [0.25, 0.3) is 0 Å². The van der Waals surface area contributed by atoms with Crippen molar-refractivity contribution in [1.29, 1.82) is 0 Å². The van der Waals surface area contributed by atoms with Gasteiger partial charge in [0, 0.05) is 12.4 Å². The number of hydrogen-bond acceptors (Lipinski definition) is 4. The highest BCUT2D eigenvalue weighted by Crippen LogP contribution is 2.35. The molecule has 3 unspecified atom stereocenters. The molecule has 0 saturated carbocycles. The Bertz CT molecular complexity index is 316. The summed E-state index contributed by atoms with van der Waals surface area (Å²) < 4.78 is 5.75. The Kier molecular flexibility index (Phi) is 1.87. The Morgan fingerprint density at radius 2 is 2.36 bits per heavy atom. The van der Waals surface area contributed by atoms with Crippen LogP contribution in [-0.4, -0.2) is 28.2 Å². The van der Waals surface area contributed by atoms with Crippen LogP contribution in [0, 0.1) is 0 Å². The molecule has 3 rings (SSSR count). The predicted octanol–water partition coefficient (Wildman–Crippen LogP) is 1.21. The largest absolute Gasteiger partial charge is 0.373 e. The van der Waals surface area contributed by atoms with E-state index in [1.54, 1.807) is 18.6 Å². The maximum Gasteiger partial charge on any atom is 0.144 e. The molecule has 1 aromatic rings. The van der Waals surface area contributed by atoms with Crippen molar-refractivity contribution in [3.05, 3.63) is 18.6 Å². The van der Waals surface area contributed by atoms with Crippen molar-refractivity contribution >= 4 is 5.82 Å². The van der Waals surface area contributed by atoms with Crippen molar-refractivity contribution in [2.24, 2.45) is 0 Å². The van der Waals surface area contributed by atoms with Crippen molar-refractivity contribution in [2.75, 3.05) is 5.32 Å². The zero-order valence-electron chi connectivity index (χ0n) is 7.89. The molecule has 14 heavy (non-hydrogen) atoms. The lowest BCUT2D eigenvalue weighted by atomic mass is 9.95. The maximum atomic E-state index is 5.75. The molecule has 3 atom stereocenters. The van der Waals surface area contributed by atoms with Gasteiger partial charge < -0.3 is 10.1 Å². The Balaban J connectivity index is 1.69. The summed E-state index contributed by atoms with van der Waals surface area (Å²) >= 11 is 0. The smallest absolute Gasteiger partial charge is 0.144 e. The van der Waals surface area contributed by atoms with Gasteiger partial charge in [-0.3, -0.25) is 4.98 Å². The van der Waals surface area contributed by atoms with Crippen LogP contribution in [-0.2, 0) is 4.74 Å². The van der Waals surface area contributed by atoms with E-state index in [1.807, 2.05) is 0 Å². The standard InChI is InChI=1S/C10H13N3O/c1-2-9-8(5-7(1)14-9)13-10-6-11-3-4-12-10/h3-4,6-9H,1-2,5H2,(H,12,13). The molecule has 0 aliphatic carbocycles. The van der Waals surface area contributed by atoms with Gasteiger partial charge in [-0.1, -0.05) is 0 Å². The second-order valence-corrected chi connectivity index (χ2v) is 3.95. The van der Waals surface area contributed by atoms with Gasteiger partial charge in [0.15, 0.2) is 0 Å². The summed E-state index contributed by atoms with van der Waals surface area (Å²) in [5, 5.41) is 3.37. The lowest BCUT2D eigenvalue weighted by Crippen LogP contribution is -2.30. The Hall–Kier alpha value is -1.16. The molecule has 0 radical (unpaired) electrons. The molecular formula is C10H13N3O. The highest BCUT2D eigenvalue weighted by molar-refractivity contribution is 5.32. The molecule has 2 fully saturated rings. The molecule has 2 aliphatic rings. The van der Waals surface area contributed by atoms with Gasteiger partial charge in [0.2, 0.25) is 0 Å². The first-order chi connectivity index (χ1) is 6.92. The second kappa shape index (κ2) is 3.20. The molecule has 1 N–H and O–H groups in total. The summed E-state index contributed by atoms with van der Waals surface area (Å²) in [5.41, 5.74) is 0. The first-order valence-electron chi connectivity index (χ1n) is 5.10. The van der Waals surface area contributed by atoms with Crippen LogP contribution in [0.15, 0.2) is 18.6 Å². The third-order valence-corrected chi connectivity index (χ3v) is 3.00. The van der Waals surface area contributed by atoms with E-state index in [-0.39, 0.29) is 0 Å². The van der Waals surface area contributed by atoms with Gasteiger partial charge in [-0.15, -0.1) is 0 Å². The number of ether oxygens (including phenoxy) is 1. The van der Waals surface area contributed by atoms with Gasteiger partial charge >= 0.3 is 0 Å².